The second-order valence-corrected chi connectivity index (χ2v) is 4.57. The molecule has 0 amide bonds. The van der Waals surface area contributed by atoms with Gasteiger partial charge in [-0.2, -0.15) is 0 Å². The minimum absolute atomic E-state index is 0.127. The van der Waals surface area contributed by atoms with Crippen molar-refractivity contribution in [3.8, 4) is 5.75 Å². The SMILES string of the molecule is COC(=O)Cc1cc(OCc2ccccc2)ccc1[N+](=O)[O-]. The lowest BCUT2D eigenvalue weighted by Gasteiger charge is -2.08. The normalized spacial score (nSPS) is 10.0. The number of hydrogen-bond acceptors (Lipinski definition) is 5. The van der Waals surface area contributed by atoms with Crippen molar-refractivity contribution in [1.29, 1.82) is 0 Å². The largest absolute Gasteiger partial charge is 0.489 e. The number of carbonyl (C=O) groups is 1. The van der Waals surface area contributed by atoms with Crippen molar-refractivity contribution < 1.29 is 19.2 Å². The maximum atomic E-state index is 11.4. The summed E-state index contributed by atoms with van der Waals surface area (Å²) >= 11 is 0. The number of esters is 1. The number of hydrogen-bond donors (Lipinski definition) is 0. The van der Waals surface area contributed by atoms with Gasteiger partial charge in [-0.1, -0.05) is 30.3 Å². The minimum Gasteiger partial charge on any atom is -0.489 e. The van der Waals surface area contributed by atoms with Crippen molar-refractivity contribution in [2.75, 3.05) is 7.11 Å². The molecule has 0 aliphatic carbocycles. The van der Waals surface area contributed by atoms with Gasteiger partial charge in [0.05, 0.1) is 18.5 Å². The van der Waals surface area contributed by atoms with Crippen molar-refractivity contribution in [3.63, 3.8) is 0 Å². The summed E-state index contributed by atoms with van der Waals surface area (Å²) < 4.78 is 10.2. The van der Waals surface area contributed by atoms with Crippen LogP contribution < -0.4 is 4.74 Å². The summed E-state index contributed by atoms with van der Waals surface area (Å²) in [4.78, 5) is 21.8. The van der Waals surface area contributed by atoms with Gasteiger partial charge in [0, 0.05) is 11.6 Å². The number of nitrogens with zero attached hydrogens (tertiary/aromatic N) is 1. The maximum Gasteiger partial charge on any atom is 0.310 e. The third kappa shape index (κ3) is 4.05. The van der Waals surface area contributed by atoms with Crippen LogP contribution in [-0.2, 0) is 22.6 Å². The Bertz CT molecular complexity index is 669. The first-order valence-electron chi connectivity index (χ1n) is 6.61. The number of methoxy groups -OCH3 is 1. The first-order chi connectivity index (χ1) is 10.6. The van der Waals surface area contributed by atoms with Gasteiger partial charge in [0.1, 0.15) is 12.4 Å². The molecular weight excluding hydrogens is 286 g/mol. The molecule has 0 spiro atoms. The molecule has 0 saturated heterocycles. The van der Waals surface area contributed by atoms with Gasteiger partial charge in [-0.3, -0.25) is 14.9 Å². The van der Waals surface area contributed by atoms with E-state index in [1.165, 1.54) is 25.3 Å². The van der Waals surface area contributed by atoms with Gasteiger partial charge >= 0.3 is 5.97 Å². The van der Waals surface area contributed by atoms with E-state index >= 15 is 0 Å². The molecule has 2 aromatic rings. The van der Waals surface area contributed by atoms with Gasteiger partial charge in [0.15, 0.2) is 0 Å². The van der Waals surface area contributed by atoms with Crippen molar-refractivity contribution >= 4 is 11.7 Å². The summed E-state index contributed by atoms with van der Waals surface area (Å²) in [7, 11) is 1.24. The second kappa shape index (κ2) is 7.21. The summed E-state index contributed by atoms with van der Waals surface area (Å²) in [6.07, 6.45) is -0.171. The second-order valence-electron chi connectivity index (χ2n) is 4.57. The van der Waals surface area contributed by atoms with Gasteiger partial charge in [-0.25, -0.2) is 0 Å². The molecule has 0 aliphatic heterocycles. The van der Waals surface area contributed by atoms with Gasteiger partial charge in [0.25, 0.3) is 5.69 Å². The molecule has 0 heterocycles. The Balaban J connectivity index is 2.17. The topological polar surface area (TPSA) is 78.7 Å². The number of nitro groups is 1. The van der Waals surface area contributed by atoms with Crippen molar-refractivity contribution in [2.45, 2.75) is 13.0 Å². The third-order valence-electron chi connectivity index (χ3n) is 3.06. The van der Waals surface area contributed by atoms with E-state index in [1.54, 1.807) is 0 Å². The predicted molar refractivity (Wildman–Crippen MR) is 79.6 cm³/mol. The van der Waals surface area contributed by atoms with Crippen LogP contribution in [0.15, 0.2) is 48.5 Å². The Morgan fingerprint density at radius 3 is 2.55 bits per heavy atom. The molecule has 2 aromatic carbocycles. The lowest BCUT2D eigenvalue weighted by molar-refractivity contribution is -0.385. The average Bonchev–Trinajstić information content (AvgIpc) is 2.53. The number of nitro benzene ring substituents is 1. The fraction of sp³-hybridized carbons (Fsp3) is 0.188. The molecule has 6 nitrogen and oxygen atoms in total. The molecule has 0 fully saturated rings. The molecule has 2 rings (SSSR count). The summed E-state index contributed by atoms with van der Waals surface area (Å²) in [5.74, 6) is -0.0725. The van der Waals surface area contributed by atoms with Crippen LogP contribution in [0, 0.1) is 10.1 Å². The van der Waals surface area contributed by atoms with Crippen LogP contribution in [0.25, 0.3) is 0 Å². The lowest BCUT2D eigenvalue weighted by atomic mass is 10.1. The minimum atomic E-state index is -0.539. The van der Waals surface area contributed by atoms with Gasteiger partial charge in [-0.15, -0.1) is 0 Å². The van der Waals surface area contributed by atoms with E-state index < -0.39 is 10.9 Å². The average molecular weight is 301 g/mol. The Kier molecular flexibility index (Phi) is 5.08. The fourth-order valence-electron chi connectivity index (χ4n) is 1.94. The zero-order valence-electron chi connectivity index (χ0n) is 12.0. The molecular formula is C16H15NO5. The first-order valence-corrected chi connectivity index (χ1v) is 6.61. The van der Waals surface area contributed by atoms with E-state index in [-0.39, 0.29) is 17.7 Å². The Hall–Kier alpha value is -2.89. The van der Waals surface area contributed by atoms with E-state index in [9.17, 15) is 14.9 Å². The molecule has 6 heteroatoms. The quantitative estimate of drug-likeness (QED) is 0.465. The van der Waals surface area contributed by atoms with Crippen LogP contribution in [0.5, 0.6) is 5.75 Å². The van der Waals surface area contributed by atoms with E-state index in [2.05, 4.69) is 4.74 Å². The summed E-state index contributed by atoms with van der Waals surface area (Å²) in [6.45, 7) is 0.344. The fourth-order valence-corrected chi connectivity index (χ4v) is 1.94. The van der Waals surface area contributed by atoms with Crippen LogP contribution in [0.2, 0.25) is 0 Å². The standard InChI is InChI=1S/C16H15NO5/c1-21-16(18)10-13-9-14(7-8-15(13)17(19)20)22-11-12-5-3-2-4-6-12/h2-9H,10-11H2,1H3. The molecule has 0 radical (unpaired) electrons. The highest BCUT2D eigenvalue weighted by molar-refractivity contribution is 5.74. The molecule has 114 valence electrons. The highest BCUT2D eigenvalue weighted by Crippen LogP contribution is 2.25. The monoisotopic (exact) mass is 301 g/mol. The number of rotatable bonds is 6. The zero-order valence-corrected chi connectivity index (χ0v) is 12.0. The zero-order chi connectivity index (χ0) is 15.9. The molecule has 22 heavy (non-hydrogen) atoms. The van der Waals surface area contributed by atoms with E-state index in [0.717, 1.165) is 5.56 Å². The third-order valence-corrected chi connectivity index (χ3v) is 3.06. The summed E-state index contributed by atoms with van der Waals surface area (Å²) in [5.41, 5.74) is 1.12. The summed E-state index contributed by atoms with van der Waals surface area (Å²) in [5, 5.41) is 11.0. The van der Waals surface area contributed by atoms with Crippen LogP contribution >= 0.6 is 0 Å². The first kappa shape index (κ1) is 15.5. The predicted octanol–water partition coefficient (Wildman–Crippen LogP) is 2.89. The molecule has 0 N–H and O–H groups in total. The number of benzene rings is 2. The van der Waals surface area contributed by atoms with Crippen molar-refractivity contribution in [3.05, 3.63) is 69.8 Å². The van der Waals surface area contributed by atoms with Crippen molar-refractivity contribution in [2.24, 2.45) is 0 Å². The van der Waals surface area contributed by atoms with E-state index in [0.29, 0.717) is 12.4 Å². The Morgan fingerprint density at radius 1 is 1.18 bits per heavy atom. The Labute approximate surface area is 127 Å². The van der Waals surface area contributed by atoms with E-state index in [4.69, 9.17) is 4.74 Å². The maximum absolute atomic E-state index is 11.4. The van der Waals surface area contributed by atoms with Crippen LogP contribution in [0.1, 0.15) is 11.1 Å². The highest BCUT2D eigenvalue weighted by atomic mass is 16.6. The molecule has 0 saturated carbocycles. The Morgan fingerprint density at radius 2 is 1.91 bits per heavy atom. The highest BCUT2D eigenvalue weighted by Gasteiger charge is 2.17. The van der Waals surface area contributed by atoms with Crippen LogP contribution in [-0.4, -0.2) is 18.0 Å². The molecule has 0 aliphatic rings. The molecule has 0 aromatic heterocycles. The van der Waals surface area contributed by atoms with Crippen molar-refractivity contribution in [1.82, 2.24) is 0 Å². The summed E-state index contributed by atoms with van der Waals surface area (Å²) in [6, 6.07) is 13.9. The van der Waals surface area contributed by atoms with Gasteiger partial charge in [-0.05, 0) is 17.7 Å². The molecule has 0 bridgehead atoms. The van der Waals surface area contributed by atoms with Crippen LogP contribution in [0.4, 0.5) is 5.69 Å². The van der Waals surface area contributed by atoms with Gasteiger partial charge < -0.3 is 9.47 Å². The lowest BCUT2D eigenvalue weighted by Crippen LogP contribution is -2.07. The van der Waals surface area contributed by atoms with Crippen LogP contribution in [0.3, 0.4) is 0 Å². The molecule has 0 unspecified atom stereocenters. The smallest absolute Gasteiger partial charge is 0.310 e. The number of carbonyl (C=O) groups excluding carboxylic acids is 1. The molecule has 0 atom stereocenters. The number of ether oxygens (including phenoxy) is 2. The van der Waals surface area contributed by atoms with Gasteiger partial charge in [0.2, 0.25) is 0 Å². The van der Waals surface area contributed by atoms with E-state index in [1.807, 2.05) is 30.3 Å².